The van der Waals surface area contributed by atoms with Crippen LogP contribution in [0.2, 0.25) is 0 Å². The summed E-state index contributed by atoms with van der Waals surface area (Å²) in [5.74, 6) is -0.740. The molecule has 2 N–H and O–H groups in total. The number of aliphatic carboxylic acids is 1. The molecule has 1 rings (SSSR count). The quantitative estimate of drug-likeness (QED) is 0.596. The van der Waals surface area contributed by atoms with E-state index in [1.54, 1.807) is 7.11 Å². The SMILES string of the molecule is CCN(CC(=O)O)C1CC(NC(=O)CCCOC)C1. The molecule has 0 aromatic rings. The highest BCUT2D eigenvalue weighted by molar-refractivity contribution is 5.76. The molecular weight excluding hydrogens is 248 g/mol. The molecule has 0 radical (unpaired) electrons. The standard InChI is InChI=1S/C13H24N2O4/c1-3-15(9-13(17)18)11-7-10(8-11)14-12(16)5-4-6-19-2/h10-11H,3-9H2,1-2H3,(H,14,16)(H,17,18). The largest absolute Gasteiger partial charge is 0.480 e. The lowest BCUT2D eigenvalue weighted by Gasteiger charge is -2.42. The van der Waals surface area contributed by atoms with Gasteiger partial charge in [-0.2, -0.15) is 0 Å². The van der Waals surface area contributed by atoms with Gasteiger partial charge in [0.15, 0.2) is 0 Å². The van der Waals surface area contributed by atoms with Crippen molar-refractivity contribution in [2.75, 3.05) is 26.8 Å². The molecule has 0 unspecified atom stereocenters. The molecule has 0 bridgehead atoms. The summed E-state index contributed by atoms with van der Waals surface area (Å²) in [7, 11) is 1.62. The predicted octanol–water partition coefficient (Wildman–Crippen LogP) is 0.467. The number of nitrogens with one attached hydrogen (secondary N) is 1. The van der Waals surface area contributed by atoms with E-state index >= 15 is 0 Å². The van der Waals surface area contributed by atoms with Gasteiger partial charge in [0, 0.05) is 32.2 Å². The minimum absolute atomic E-state index is 0.0572. The predicted molar refractivity (Wildman–Crippen MR) is 70.9 cm³/mol. The highest BCUT2D eigenvalue weighted by Gasteiger charge is 2.34. The maximum Gasteiger partial charge on any atom is 0.317 e. The van der Waals surface area contributed by atoms with Crippen LogP contribution in [0.15, 0.2) is 0 Å². The van der Waals surface area contributed by atoms with Crippen LogP contribution in [0.3, 0.4) is 0 Å². The second kappa shape index (κ2) is 8.12. The van der Waals surface area contributed by atoms with E-state index < -0.39 is 5.97 Å². The van der Waals surface area contributed by atoms with Gasteiger partial charge in [0.05, 0.1) is 6.54 Å². The van der Waals surface area contributed by atoms with Gasteiger partial charge in [-0.25, -0.2) is 0 Å². The summed E-state index contributed by atoms with van der Waals surface area (Å²) in [6.07, 6.45) is 2.91. The number of amides is 1. The van der Waals surface area contributed by atoms with E-state index in [2.05, 4.69) is 5.32 Å². The Morgan fingerprint density at radius 1 is 1.42 bits per heavy atom. The minimum Gasteiger partial charge on any atom is -0.480 e. The first kappa shape index (κ1) is 15.9. The fraction of sp³-hybridized carbons (Fsp3) is 0.846. The van der Waals surface area contributed by atoms with E-state index in [0.29, 0.717) is 13.0 Å². The summed E-state index contributed by atoms with van der Waals surface area (Å²) in [6.45, 7) is 3.36. The molecule has 0 heterocycles. The van der Waals surface area contributed by atoms with Gasteiger partial charge in [0.1, 0.15) is 0 Å². The zero-order valence-electron chi connectivity index (χ0n) is 11.7. The summed E-state index contributed by atoms with van der Waals surface area (Å²) in [4.78, 5) is 24.2. The Bertz CT molecular complexity index is 303. The average molecular weight is 272 g/mol. The van der Waals surface area contributed by atoms with E-state index in [4.69, 9.17) is 9.84 Å². The Balaban J connectivity index is 2.18. The molecule has 110 valence electrons. The van der Waals surface area contributed by atoms with E-state index in [1.165, 1.54) is 0 Å². The van der Waals surface area contributed by atoms with Crippen molar-refractivity contribution in [3.63, 3.8) is 0 Å². The number of carbonyl (C=O) groups excluding carboxylic acids is 1. The van der Waals surface area contributed by atoms with Crippen molar-refractivity contribution in [2.45, 2.75) is 44.7 Å². The Hall–Kier alpha value is -1.14. The van der Waals surface area contributed by atoms with Crippen LogP contribution in [-0.2, 0) is 14.3 Å². The van der Waals surface area contributed by atoms with Gasteiger partial charge in [-0.3, -0.25) is 14.5 Å². The van der Waals surface area contributed by atoms with Crippen LogP contribution in [-0.4, -0.2) is 60.8 Å². The molecule has 1 amide bonds. The first-order valence-corrected chi connectivity index (χ1v) is 6.81. The Morgan fingerprint density at radius 2 is 2.11 bits per heavy atom. The zero-order valence-corrected chi connectivity index (χ0v) is 11.7. The monoisotopic (exact) mass is 272 g/mol. The average Bonchev–Trinajstić information content (AvgIpc) is 2.31. The topological polar surface area (TPSA) is 78.9 Å². The molecule has 1 fully saturated rings. The molecule has 1 aliphatic rings. The summed E-state index contributed by atoms with van der Waals surface area (Å²) in [6, 6.07) is 0.480. The van der Waals surface area contributed by atoms with E-state index in [1.807, 2.05) is 11.8 Å². The number of ether oxygens (including phenoxy) is 1. The van der Waals surface area contributed by atoms with Crippen molar-refractivity contribution >= 4 is 11.9 Å². The molecule has 0 saturated heterocycles. The van der Waals surface area contributed by atoms with Gasteiger partial charge >= 0.3 is 5.97 Å². The number of carboxylic acid groups (broad SMARTS) is 1. The van der Waals surface area contributed by atoms with E-state index in [-0.39, 0.29) is 24.5 Å². The molecule has 0 spiro atoms. The lowest BCUT2D eigenvalue weighted by Crippen LogP contribution is -2.54. The third kappa shape index (κ3) is 5.57. The third-order valence-corrected chi connectivity index (χ3v) is 3.49. The van der Waals surface area contributed by atoms with Crippen LogP contribution in [0.5, 0.6) is 0 Å². The second-order valence-corrected chi connectivity index (χ2v) is 4.94. The van der Waals surface area contributed by atoms with Gasteiger partial charge in [-0.05, 0) is 25.8 Å². The van der Waals surface area contributed by atoms with Crippen LogP contribution in [0, 0.1) is 0 Å². The third-order valence-electron chi connectivity index (χ3n) is 3.49. The molecule has 1 aliphatic carbocycles. The Kier molecular flexibility index (Phi) is 6.80. The fourth-order valence-electron chi connectivity index (χ4n) is 2.35. The summed E-state index contributed by atoms with van der Waals surface area (Å²) in [5, 5.41) is 11.8. The lowest BCUT2D eigenvalue weighted by molar-refractivity contribution is -0.139. The molecule has 6 nitrogen and oxygen atoms in total. The Labute approximate surface area is 114 Å². The number of rotatable bonds is 9. The van der Waals surface area contributed by atoms with E-state index in [0.717, 1.165) is 25.8 Å². The first-order chi connectivity index (χ1) is 9.06. The van der Waals surface area contributed by atoms with Crippen molar-refractivity contribution in [3.05, 3.63) is 0 Å². The Morgan fingerprint density at radius 3 is 2.63 bits per heavy atom. The summed E-state index contributed by atoms with van der Waals surface area (Å²) in [5.41, 5.74) is 0. The van der Waals surface area contributed by atoms with Crippen LogP contribution in [0.25, 0.3) is 0 Å². The smallest absolute Gasteiger partial charge is 0.317 e. The molecular formula is C13H24N2O4. The fourth-order valence-corrected chi connectivity index (χ4v) is 2.35. The maximum atomic E-state index is 11.6. The molecule has 0 aliphatic heterocycles. The number of carboxylic acids is 1. The molecule has 1 saturated carbocycles. The maximum absolute atomic E-state index is 11.6. The lowest BCUT2D eigenvalue weighted by atomic mass is 9.85. The first-order valence-electron chi connectivity index (χ1n) is 6.81. The van der Waals surface area contributed by atoms with Crippen LogP contribution >= 0.6 is 0 Å². The number of carbonyl (C=O) groups is 2. The van der Waals surface area contributed by atoms with E-state index in [9.17, 15) is 9.59 Å². The minimum atomic E-state index is -0.797. The van der Waals surface area contributed by atoms with Crippen molar-refractivity contribution in [1.29, 1.82) is 0 Å². The second-order valence-electron chi connectivity index (χ2n) is 4.94. The van der Waals surface area contributed by atoms with Crippen LogP contribution in [0.4, 0.5) is 0 Å². The normalized spacial score (nSPS) is 22.1. The number of methoxy groups -OCH3 is 1. The number of nitrogens with zero attached hydrogens (tertiary/aromatic N) is 1. The van der Waals surface area contributed by atoms with Gasteiger partial charge in [-0.15, -0.1) is 0 Å². The molecule has 0 atom stereocenters. The van der Waals surface area contributed by atoms with Crippen molar-refractivity contribution in [1.82, 2.24) is 10.2 Å². The number of likely N-dealkylation sites (N-methyl/N-ethyl adjacent to an activating group) is 1. The molecule has 0 aromatic heterocycles. The highest BCUT2D eigenvalue weighted by Crippen LogP contribution is 2.25. The van der Waals surface area contributed by atoms with Crippen LogP contribution in [0.1, 0.15) is 32.6 Å². The summed E-state index contributed by atoms with van der Waals surface area (Å²) < 4.78 is 4.90. The highest BCUT2D eigenvalue weighted by atomic mass is 16.5. The number of hydrogen-bond acceptors (Lipinski definition) is 4. The zero-order chi connectivity index (χ0) is 14.3. The van der Waals surface area contributed by atoms with Gasteiger partial charge in [0.2, 0.25) is 5.91 Å². The van der Waals surface area contributed by atoms with Crippen LogP contribution < -0.4 is 5.32 Å². The van der Waals surface area contributed by atoms with Crippen molar-refractivity contribution in [3.8, 4) is 0 Å². The molecule has 19 heavy (non-hydrogen) atoms. The number of hydrogen-bond donors (Lipinski definition) is 2. The molecule has 6 heteroatoms. The van der Waals surface area contributed by atoms with Gasteiger partial charge in [-0.1, -0.05) is 6.92 Å². The van der Waals surface area contributed by atoms with Gasteiger partial charge in [0.25, 0.3) is 0 Å². The van der Waals surface area contributed by atoms with Crippen molar-refractivity contribution < 1.29 is 19.4 Å². The van der Waals surface area contributed by atoms with Gasteiger partial charge < -0.3 is 15.2 Å². The van der Waals surface area contributed by atoms with Crippen molar-refractivity contribution in [2.24, 2.45) is 0 Å². The summed E-state index contributed by atoms with van der Waals surface area (Å²) >= 11 is 0. The molecule has 0 aromatic carbocycles.